The van der Waals surface area contributed by atoms with Crippen molar-refractivity contribution < 1.29 is 8.42 Å². The zero-order valence-corrected chi connectivity index (χ0v) is 11.2. The van der Waals surface area contributed by atoms with E-state index in [1.165, 1.54) is 19.3 Å². The Morgan fingerprint density at radius 1 is 0.944 bits per heavy atom. The van der Waals surface area contributed by atoms with Gasteiger partial charge in [0.05, 0.1) is 17.4 Å². The quantitative estimate of drug-likeness (QED) is 0.767. The molecule has 2 saturated carbocycles. The van der Waals surface area contributed by atoms with Gasteiger partial charge in [0.25, 0.3) is 0 Å². The number of nitrogens with zero attached hydrogens (tertiary/aromatic N) is 2. The van der Waals surface area contributed by atoms with Gasteiger partial charge in [0.15, 0.2) is 9.84 Å². The lowest BCUT2D eigenvalue weighted by atomic mass is 9.71. The SMILES string of the molecule is N#CC(C#N)S(=O)(=O)C1CCC2CCCCC2C1. The second-order valence-electron chi connectivity index (χ2n) is 5.47. The molecule has 4 nitrogen and oxygen atoms in total. The Kier molecular flexibility index (Phi) is 3.92. The molecule has 0 amide bonds. The average Bonchev–Trinajstić information content (AvgIpc) is 2.39. The van der Waals surface area contributed by atoms with E-state index in [4.69, 9.17) is 10.5 Å². The van der Waals surface area contributed by atoms with Crippen LogP contribution in [0.1, 0.15) is 44.9 Å². The number of nitriles is 2. The van der Waals surface area contributed by atoms with Gasteiger partial charge in [-0.05, 0) is 31.1 Å². The first-order chi connectivity index (χ1) is 8.59. The fraction of sp³-hybridized carbons (Fsp3) is 0.846. The van der Waals surface area contributed by atoms with Crippen LogP contribution >= 0.6 is 0 Å². The van der Waals surface area contributed by atoms with Gasteiger partial charge in [-0.25, -0.2) is 8.42 Å². The molecule has 0 bridgehead atoms. The zero-order chi connectivity index (χ0) is 13.2. The minimum Gasteiger partial charge on any atom is -0.226 e. The van der Waals surface area contributed by atoms with E-state index in [9.17, 15) is 8.42 Å². The predicted octanol–water partition coefficient (Wildman–Crippen LogP) is 2.18. The summed E-state index contributed by atoms with van der Waals surface area (Å²) in [6.07, 6.45) is 7.01. The van der Waals surface area contributed by atoms with E-state index in [0.29, 0.717) is 24.7 Å². The van der Waals surface area contributed by atoms with E-state index < -0.39 is 20.3 Å². The first kappa shape index (κ1) is 13.4. The third kappa shape index (κ3) is 2.37. The third-order valence-corrected chi connectivity index (χ3v) is 6.74. The lowest BCUT2D eigenvalue weighted by molar-refractivity contribution is 0.173. The van der Waals surface area contributed by atoms with Gasteiger partial charge in [-0.15, -0.1) is 0 Å². The predicted molar refractivity (Wildman–Crippen MR) is 67.0 cm³/mol. The Balaban J connectivity index is 2.12. The molecule has 0 aliphatic heterocycles. The fourth-order valence-electron chi connectivity index (χ4n) is 3.50. The number of sulfone groups is 1. The van der Waals surface area contributed by atoms with E-state index in [0.717, 1.165) is 12.8 Å². The molecule has 18 heavy (non-hydrogen) atoms. The van der Waals surface area contributed by atoms with Gasteiger partial charge in [0.2, 0.25) is 5.25 Å². The highest BCUT2D eigenvalue weighted by atomic mass is 32.2. The molecule has 0 aromatic carbocycles. The van der Waals surface area contributed by atoms with Crippen molar-refractivity contribution in [2.24, 2.45) is 11.8 Å². The van der Waals surface area contributed by atoms with Crippen LogP contribution in [0.3, 0.4) is 0 Å². The maximum Gasteiger partial charge on any atom is 0.233 e. The minimum absolute atomic E-state index is 0.471. The van der Waals surface area contributed by atoms with Crippen molar-refractivity contribution in [1.82, 2.24) is 0 Å². The molecule has 2 fully saturated rings. The molecular weight excluding hydrogens is 248 g/mol. The normalized spacial score (nSPS) is 32.3. The highest BCUT2D eigenvalue weighted by Gasteiger charge is 2.41. The van der Waals surface area contributed by atoms with Gasteiger partial charge in [0, 0.05) is 0 Å². The average molecular weight is 266 g/mol. The minimum atomic E-state index is -3.60. The highest BCUT2D eigenvalue weighted by molar-refractivity contribution is 7.93. The molecule has 98 valence electrons. The van der Waals surface area contributed by atoms with Gasteiger partial charge < -0.3 is 0 Å². The smallest absolute Gasteiger partial charge is 0.226 e. The van der Waals surface area contributed by atoms with Crippen LogP contribution in [0.4, 0.5) is 0 Å². The number of rotatable bonds is 2. The van der Waals surface area contributed by atoms with Crippen LogP contribution in [0.2, 0.25) is 0 Å². The summed E-state index contributed by atoms with van der Waals surface area (Å²) in [5.74, 6) is 1.16. The Morgan fingerprint density at radius 3 is 2.17 bits per heavy atom. The second-order valence-corrected chi connectivity index (χ2v) is 7.78. The molecule has 0 radical (unpaired) electrons. The Hall–Kier alpha value is -1.07. The highest BCUT2D eigenvalue weighted by Crippen LogP contribution is 2.42. The Labute approximate surface area is 109 Å². The molecule has 0 heterocycles. The summed E-state index contributed by atoms with van der Waals surface area (Å²) in [6, 6.07) is 3.22. The van der Waals surface area contributed by atoms with Gasteiger partial charge in [-0.1, -0.05) is 25.7 Å². The monoisotopic (exact) mass is 266 g/mol. The van der Waals surface area contributed by atoms with Crippen molar-refractivity contribution in [3.8, 4) is 12.1 Å². The molecule has 3 atom stereocenters. The molecule has 0 aromatic rings. The van der Waals surface area contributed by atoms with Crippen molar-refractivity contribution in [3.05, 3.63) is 0 Å². The van der Waals surface area contributed by atoms with Crippen LogP contribution in [0.5, 0.6) is 0 Å². The van der Waals surface area contributed by atoms with Crippen LogP contribution in [-0.4, -0.2) is 18.9 Å². The summed E-state index contributed by atoms with van der Waals surface area (Å²) in [5.41, 5.74) is 0. The summed E-state index contributed by atoms with van der Waals surface area (Å²) >= 11 is 0. The largest absolute Gasteiger partial charge is 0.233 e. The van der Waals surface area contributed by atoms with E-state index in [-0.39, 0.29) is 0 Å². The molecular formula is C13H18N2O2S. The Morgan fingerprint density at radius 2 is 1.56 bits per heavy atom. The van der Waals surface area contributed by atoms with Crippen LogP contribution in [-0.2, 0) is 9.84 Å². The van der Waals surface area contributed by atoms with Crippen LogP contribution in [0, 0.1) is 34.5 Å². The summed E-state index contributed by atoms with van der Waals surface area (Å²) in [7, 11) is -3.60. The van der Waals surface area contributed by atoms with E-state index in [2.05, 4.69) is 0 Å². The zero-order valence-electron chi connectivity index (χ0n) is 10.4. The van der Waals surface area contributed by atoms with Crippen LogP contribution in [0.15, 0.2) is 0 Å². The van der Waals surface area contributed by atoms with Crippen LogP contribution < -0.4 is 0 Å². The van der Waals surface area contributed by atoms with Crippen molar-refractivity contribution in [1.29, 1.82) is 10.5 Å². The number of hydrogen-bond donors (Lipinski definition) is 0. The molecule has 2 rings (SSSR count). The topological polar surface area (TPSA) is 81.7 Å². The van der Waals surface area contributed by atoms with Crippen LogP contribution in [0.25, 0.3) is 0 Å². The van der Waals surface area contributed by atoms with Crippen molar-refractivity contribution in [2.75, 3.05) is 0 Å². The summed E-state index contributed by atoms with van der Waals surface area (Å²) < 4.78 is 24.4. The fourth-order valence-corrected chi connectivity index (χ4v) is 5.16. The molecule has 0 aromatic heterocycles. The van der Waals surface area contributed by atoms with Gasteiger partial charge in [-0.2, -0.15) is 10.5 Å². The summed E-state index contributed by atoms with van der Waals surface area (Å²) in [5, 5.41) is 15.6. The third-order valence-electron chi connectivity index (χ3n) is 4.52. The number of hydrogen-bond acceptors (Lipinski definition) is 4. The molecule has 0 saturated heterocycles. The molecule has 2 aliphatic carbocycles. The molecule has 3 unspecified atom stereocenters. The van der Waals surface area contributed by atoms with Gasteiger partial charge >= 0.3 is 0 Å². The Bertz CT molecular complexity index is 472. The van der Waals surface area contributed by atoms with Gasteiger partial charge in [0.1, 0.15) is 0 Å². The summed E-state index contributed by atoms with van der Waals surface area (Å²) in [6.45, 7) is 0. The van der Waals surface area contributed by atoms with Crippen molar-refractivity contribution in [3.63, 3.8) is 0 Å². The van der Waals surface area contributed by atoms with Crippen molar-refractivity contribution in [2.45, 2.75) is 55.4 Å². The molecule has 2 aliphatic rings. The molecule has 5 heteroatoms. The first-order valence-electron chi connectivity index (χ1n) is 6.61. The standard InChI is InChI=1S/C13H18N2O2S/c14-8-13(9-15)18(16,17)12-6-5-10-3-1-2-4-11(10)7-12/h10-13H,1-7H2. The van der Waals surface area contributed by atoms with E-state index in [1.54, 1.807) is 12.1 Å². The maximum atomic E-state index is 12.2. The first-order valence-corrected chi connectivity index (χ1v) is 8.22. The maximum absolute atomic E-state index is 12.2. The van der Waals surface area contributed by atoms with E-state index >= 15 is 0 Å². The lowest BCUT2D eigenvalue weighted by Gasteiger charge is -2.39. The number of fused-ring (bicyclic) bond motifs is 1. The summed E-state index contributed by atoms with van der Waals surface area (Å²) in [4.78, 5) is 0. The van der Waals surface area contributed by atoms with Crippen molar-refractivity contribution >= 4 is 9.84 Å². The second kappa shape index (κ2) is 5.28. The molecule has 0 spiro atoms. The lowest BCUT2D eigenvalue weighted by Crippen LogP contribution is -2.38. The van der Waals surface area contributed by atoms with Gasteiger partial charge in [-0.3, -0.25) is 0 Å². The molecule has 0 N–H and O–H groups in total. The van der Waals surface area contributed by atoms with E-state index in [1.807, 2.05) is 0 Å².